The lowest BCUT2D eigenvalue weighted by molar-refractivity contribution is 0.881. The molecule has 0 saturated carbocycles. The minimum absolute atomic E-state index is 0.552. The maximum atomic E-state index is 4.72. The summed E-state index contributed by atoms with van der Waals surface area (Å²) in [5.41, 5.74) is 13.1. The lowest BCUT2D eigenvalue weighted by atomic mass is 9.95. The van der Waals surface area contributed by atoms with Gasteiger partial charge in [0.15, 0.2) is 0 Å². The van der Waals surface area contributed by atoms with Gasteiger partial charge in [-0.1, -0.05) is 23.3 Å². The number of rotatable bonds is 2. The highest BCUT2D eigenvalue weighted by Crippen LogP contribution is 2.43. The predicted molar refractivity (Wildman–Crippen MR) is 130 cm³/mol. The Kier molecular flexibility index (Phi) is 4.33. The summed E-state index contributed by atoms with van der Waals surface area (Å²) < 4.78 is 2.24. The van der Waals surface area contributed by atoms with Crippen LogP contribution < -0.4 is 4.90 Å². The maximum Gasteiger partial charge on any atom is 0.274 e. The van der Waals surface area contributed by atoms with Gasteiger partial charge in [-0.2, -0.15) is 5.21 Å². The van der Waals surface area contributed by atoms with E-state index in [0.717, 1.165) is 35.2 Å². The lowest BCUT2D eigenvalue weighted by Crippen LogP contribution is -2.15. The molecule has 3 heterocycles. The Morgan fingerprint density at radius 2 is 1.70 bits per heavy atom. The molecule has 0 radical (unpaired) electrons. The van der Waals surface area contributed by atoms with Crippen LogP contribution in [-0.2, 0) is 12.8 Å². The second-order valence-electron chi connectivity index (χ2n) is 8.88. The van der Waals surface area contributed by atoms with E-state index in [0.29, 0.717) is 5.95 Å². The van der Waals surface area contributed by atoms with E-state index in [1.165, 1.54) is 39.1 Å². The van der Waals surface area contributed by atoms with Crippen LogP contribution in [0.3, 0.4) is 0 Å². The van der Waals surface area contributed by atoms with Gasteiger partial charge in [-0.05, 0) is 103 Å². The number of hydrogen-bond donors (Lipinski definition) is 1. The Balaban J connectivity index is 1.61. The molecule has 0 aliphatic carbocycles. The Bertz CT molecular complexity index is 1510. The molecule has 0 atom stereocenters. The van der Waals surface area contributed by atoms with Crippen LogP contribution in [0.4, 0.5) is 17.3 Å². The van der Waals surface area contributed by atoms with Crippen LogP contribution in [0.2, 0.25) is 0 Å². The molecule has 1 N–H and O–H groups in total. The Morgan fingerprint density at radius 1 is 0.879 bits per heavy atom. The normalized spacial score (nSPS) is 13.2. The van der Waals surface area contributed by atoms with Crippen molar-refractivity contribution < 1.29 is 0 Å². The van der Waals surface area contributed by atoms with Crippen LogP contribution in [0.25, 0.3) is 16.7 Å². The molecular formula is C26H25N7. The first-order valence-electron chi connectivity index (χ1n) is 11.2. The number of hydrogen-bond acceptors (Lipinski definition) is 5. The van der Waals surface area contributed by atoms with E-state index in [1.807, 2.05) is 6.33 Å². The first-order valence-corrected chi connectivity index (χ1v) is 11.2. The van der Waals surface area contributed by atoms with Gasteiger partial charge in [-0.3, -0.25) is 9.47 Å². The number of tetrazole rings is 1. The zero-order valence-corrected chi connectivity index (χ0v) is 19.2. The molecule has 33 heavy (non-hydrogen) atoms. The second kappa shape index (κ2) is 7.27. The number of aromatic nitrogens is 6. The van der Waals surface area contributed by atoms with Crippen molar-refractivity contribution in [2.24, 2.45) is 0 Å². The summed E-state index contributed by atoms with van der Waals surface area (Å²) in [6.07, 6.45) is 3.84. The summed E-state index contributed by atoms with van der Waals surface area (Å²) in [4.78, 5) is 6.85. The third-order valence-electron chi connectivity index (χ3n) is 6.90. The zero-order valence-electron chi connectivity index (χ0n) is 19.2. The predicted octanol–water partition coefficient (Wildman–Crippen LogP) is 5.34. The standard InChI is InChI=1S/C26H25N7/c1-15-11-21-24(12-16(15)2)32(14-27-21)25-17(3)13-23-20(18(25)4)10-9-19-7-5-6-8-22(19)33(23)26-28-30-31-29-26/h5-8,11-14H,9-10H2,1-4H3,(H,28,29,30,31). The van der Waals surface area contributed by atoms with Crippen LogP contribution >= 0.6 is 0 Å². The maximum absolute atomic E-state index is 4.72. The molecule has 1 aliphatic heterocycles. The minimum Gasteiger partial charge on any atom is -0.298 e. The summed E-state index contributed by atoms with van der Waals surface area (Å²) in [6.45, 7) is 8.68. The summed E-state index contributed by atoms with van der Waals surface area (Å²) >= 11 is 0. The number of nitrogens with one attached hydrogen (secondary N) is 1. The smallest absolute Gasteiger partial charge is 0.274 e. The number of imidazole rings is 1. The zero-order chi connectivity index (χ0) is 22.7. The molecular weight excluding hydrogens is 410 g/mol. The van der Waals surface area contributed by atoms with Gasteiger partial charge in [0.1, 0.15) is 6.33 Å². The number of para-hydroxylation sites is 1. The fourth-order valence-electron chi connectivity index (χ4n) is 5.12. The quantitative estimate of drug-likeness (QED) is 0.405. The summed E-state index contributed by atoms with van der Waals surface area (Å²) in [5, 5.41) is 15.1. The number of benzene rings is 3. The van der Waals surface area contributed by atoms with E-state index < -0.39 is 0 Å². The lowest BCUT2D eigenvalue weighted by Gasteiger charge is -2.26. The van der Waals surface area contributed by atoms with Gasteiger partial charge >= 0.3 is 0 Å². The fraction of sp³-hybridized carbons (Fsp3) is 0.231. The number of fused-ring (bicyclic) bond motifs is 3. The largest absolute Gasteiger partial charge is 0.298 e. The Hall–Kier alpha value is -4.00. The van der Waals surface area contributed by atoms with E-state index in [4.69, 9.17) is 4.98 Å². The van der Waals surface area contributed by atoms with Crippen LogP contribution in [0.1, 0.15) is 33.4 Å². The molecule has 0 amide bonds. The molecule has 0 unspecified atom stereocenters. The van der Waals surface area contributed by atoms with Gasteiger partial charge in [0.25, 0.3) is 5.95 Å². The molecule has 3 aromatic carbocycles. The summed E-state index contributed by atoms with van der Waals surface area (Å²) in [5.74, 6) is 0.552. The topological polar surface area (TPSA) is 75.5 Å². The van der Waals surface area contributed by atoms with Crippen LogP contribution in [0, 0.1) is 27.7 Å². The van der Waals surface area contributed by atoms with E-state index >= 15 is 0 Å². The summed E-state index contributed by atoms with van der Waals surface area (Å²) in [7, 11) is 0. The third kappa shape index (κ3) is 2.96. The molecule has 2 aromatic heterocycles. The SMILES string of the molecule is Cc1cc2ncn(-c3c(C)cc4c(c3C)CCc3ccccc3N4c3nn[nH]n3)c2cc1C. The molecule has 164 valence electrons. The van der Waals surface area contributed by atoms with Crippen LogP contribution in [-0.4, -0.2) is 30.2 Å². The monoisotopic (exact) mass is 435 g/mol. The molecule has 0 fully saturated rings. The Morgan fingerprint density at radius 3 is 2.52 bits per heavy atom. The first-order chi connectivity index (χ1) is 16.0. The van der Waals surface area contributed by atoms with Crippen molar-refractivity contribution in [2.45, 2.75) is 40.5 Å². The number of aryl methyl sites for hydroxylation is 4. The number of anilines is 3. The van der Waals surface area contributed by atoms with Crippen molar-refractivity contribution in [3.05, 3.63) is 82.2 Å². The van der Waals surface area contributed by atoms with Gasteiger partial charge in [0.2, 0.25) is 0 Å². The van der Waals surface area contributed by atoms with E-state index in [2.05, 4.69) is 100 Å². The molecule has 7 heteroatoms. The number of nitrogens with zero attached hydrogens (tertiary/aromatic N) is 6. The number of H-pyrrole nitrogens is 1. The van der Waals surface area contributed by atoms with Gasteiger partial charge in [-0.25, -0.2) is 4.98 Å². The molecule has 0 spiro atoms. The van der Waals surface area contributed by atoms with Crippen molar-refractivity contribution in [1.82, 2.24) is 30.2 Å². The van der Waals surface area contributed by atoms with Gasteiger partial charge in [0.05, 0.1) is 28.1 Å². The third-order valence-corrected chi connectivity index (χ3v) is 6.90. The minimum atomic E-state index is 0.552. The number of aromatic amines is 1. The van der Waals surface area contributed by atoms with Crippen LogP contribution in [0.5, 0.6) is 0 Å². The van der Waals surface area contributed by atoms with Crippen molar-refractivity contribution in [2.75, 3.05) is 4.90 Å². The molecule has 0 bridgehead atoms. The average molecular weight is 436 g/mol. The highest BCUT2D eigenvalue weighted by atomic mass is 15.5. The molecule has 5 aromatic rings. The second-order valence-corrected chi connectivity index (χ2v) is 8.88. The average Bonchev–Trinajstić information content (AvgIpc) is 3.42. The van der Waals surface area contributed by atoms with Crippen molar-refractivity contribution in [3.63, 3.8) is 0 Å². The first kappa shape index (κ1) is 19.7. The summed E-state index contributed by atoms with van der Waals surface area (Å²) in [6, 6.07) is 15.1. The van der Waals surface area contributed by atoms with Gasteiger partial charge in [0, 0.05) is 0 Å². The van der Waals surface area contributed by atoms with Crippen molar-refractivity contribution >= 4 is 28.4 Å². The molecule has 1 aliphatic rings. The van der Waals surface area contributed by atoms with Gasteiger partial charge < -0.3 is 0 Å². The van der Waals surface area contributed by atoms with E-state index in [-0.39, 0.29) is 0 Å². The highest BCUT2D eigenvalue weighted by molar-refractivity contribution is 5.84. The van der Waals surface area contributed by atoms with Crippen molar-refractivity contribution in [1.29, 1.82) is 0 Å². The molecule has 7 nitrogen and oxygen atoms in total. The Labute approximate surface area is 192 Å². The van der Waals surface area contributed by atoms with Crippen LogP contribution in [0.15, 0.2) is 48.8 Å². The fourth-order valence-corrected chi connectivity index (χ4v) is 5.12. The van der Waals surface area contributed by atoms with Gasteiger partial charge in [-0.15, -0.1) is 5.10 Å². The van der Waals surface area contributed by atoms with E-state index in [9.17, 15) is 0 Å². The molecule has 0 saturated heterocycles. The highest BCUT2D eigenvalue weighted by Gasteiger charge is 2.28. The molecule has 6 rings (SSSR count). The van der Waals surface area contributed by atoms with Crippen molar-refractivity contribution in [3.8, 4) is 5.69 Å². The van der Waals surface area contributed by atoms with E-state index in [1.54, 1.807) is 0 Å².